The highest BCUT2D eigenvalue weighted by Gasteiger charge is 2.15. The van der Waals surface area contributed by atoms with Crippen molar-refractivity contribution in [2.45, 2.75) is 19.5 Å². The Hall–Kier alpha value is -4.33. The van der Waals surface area contributed by atoms with Gasteiger partial charge in [0, 0.05) is 25.0 Å². The van der Waals surface area contributed by atoms with Crippen molar-refractivity contribution in [3.63, 3.8) is 0 Å². The van der Waals surface area contributed by atoms with E-state index in [2.05, 4.69) is 9.97 Å². The summed E-state index contributed by atoms with van der Waals surface area (Å²) in [6, 6.07) is 19.7. The molecule has 0 unspecified atom stereocenters. The quantitative estimate of drug-likeness (QED) is 0.429. The van der Waals surface area contributed by atoms with Crippen LogP contribution in [0.5, 0.6) is 0 Å². The molecular formula is C24H19N5O3. The number of benzene rings is 1. The summed E-state index contributed by atoms with van der Waals surface area (Å²) in [5.41, 5.74) is 1.10. The number of hydrogen-bond acceptors (Lipinski definition) is 5. The maximum absolute atomic E-state index is 13.4. The Labute approximate surface area is 181 Å². The van der Waals surface area contributed by atoms with Crippen molar-refractivity contribution in [1.82, 2.24) is 23.5 Å². The molecule has 0 fully saturated rings. The third-order valence-electron chi connectivity index (χ3n) is 5.39. The number of aryl methyl sites for hydroxylation is 1. The van der Waals surface area contributed by atoms with E-state index in [1.807, 2.05) is 30.3 Å². The van der Waals surface area contributed by atoms with Gasteiger partial charge < -0.3 is 0 Å². The van der Waals surface area contributed by atoms with Crippen molar-refractivity contribution in [2.24, 2.45) is 0 Å². The van der Waals surface area contributed by atoms with Crippen LogP contribution < -0.4 is 16.8 Å². The van der Waals surface area contributed by atoms with Gasteiger partial charge in [0.05, 0.1) is 17.6 Å². The fraction of sp³-hybridized carbons (Fsp3) is 0.125. The summed E-state index contributed by atoms with van der Waals surface area (Å²) in [7, 11) is 0. The minimum atomic E-state index is -0.479. The molecule has 0 aliphatic rings. The van der Waals surface area contributed by atoms with E-state index in [1.165, 1.54) is 25.8 Å². The lowest BCUT2D eigenvalue weighted by Gasteiger charge is -2.13. The second kappa shape index (κ2) is 8.07. The fourth-order valence-corrected chi connectivity index (χ4v) is 3.82. The summed E-state index contributed by atoms with van der Waals surface area (Å²) in [6.07, 6.45) is 3.72. The second-order valence-electron chi connectivity index (χ2n) is 7.45. The number of nitrogens with zero attached hydrogens (tertiary/aromatic N) is 5. The number of fused-ring (bicyclic) bond motifs is 2. The molecular weight excluding hydrogens is 406 g/mol. The van der Waals surface area contributed by atoms with Crippen LogP contribution in [0.3, 0.4) is 0 Å². The molecule has 0 aliphatic heterocycles. The first-order valence-electron chi connectivity index (χ1n) is 10.2. The Morgan fingerprint density at radius 2 is 1.66 bits per heavy atom. The average Bonchev–Trinajstić information content (AvgIpc) is 2.82. The monoisotopic (exact) mass is 425 g/mol. The van der Waals surface area contributed by atoms with Gasteiger partial charge in [-0.3, -0.25) is 23.1 Å². The van der Waals surface area contributed by atoms with Crippen molar-refractivity contribution in [1.29, 1.82) is 0 Å². The summed E-state index contributed by atoms with van der Waals surface area (Å²) in [5, 5.41) is 0.345. The van der Waals surface area contributed by atoms with Gasteiger partial charge in [-0.1, -0.05) is 36.4 Å². The molecule has 5 rings (SSSR count). The van der Waals surface area contributed by atoms with Gasteiger partial charge in [0.25, 0.3) is 11.1 Å². The SMILES string of the molecule is O=c1c2cccnc2n(Cc2cc(=O)n3ccccc3n2)c(=O)n1CCc1ccccc1. The van der Waals surface area contributed by atoms with E-state index in [-0.39, 0.29) is 29.9 Å². The molecule has 0 bridgehead atoms. The summed E-state index contributed by atoms with van der Waals surface area (Å²) in [5.74, 6) is 0. The molecule has 32 heavy (non-hydrogen) atoms. The van der Waals surface area contributed by atoms with Crippen LogP contribution in [0.25, 0.3) is 16.7 Å². The standard InChI is InChI=1S/C24H19N5O3/c30-21-15-18(26-20-10-4-5-13-27(20)21)16-29-22-19(9-6-12-25-22)23(31)28(24(29)32)14-11-17-7-2-1-3-8-17/h1-10,12-13,15H,11,14,16H2. The Balaban J connectivity index is 1.63. The molecule has 0 saturated heterocycles. The molecule has 8 heteroatoms. The maximum Gasteiger partial charge on any atom is 0.333 e. The van der Waals surface area contributed by atoms with E-state index in [1.54, 1.807) is 36.5 Å². The fourth-order valence-electron chi connectivity index (χ4n) is 3.82. The Bertz CT molecular complexity index is 1620. The first-order valence-corrected chi connectivity index (χ1v) is 10.2. The number of aromatic nitrogens is 5. The minimum Gasteiger partial charge on any atom is -0.271 e. The van der Waals surface area contributed by atoms with Crippen molar-refractivity contribution >= 4 is 16.7 Å². The van der Waals surface area contributed by atoms with Crippen LogP contribution >= 0.6 is 0 Å². The van der Waals surface area contributed by atoms with Crippen LogP contribution in [0.2, 0.25) is 0 Å². The molecule has 0 atom stereocenters. The topological polar surface area (TPSA) is 91.3 Å². The molecule has 1 aromatic carbocycles. The first kappa shape index (κ1) is 19.6. The Morgan fingerprint density at radius 1 is 0.844 bits per heavy atom. The summed E-state index contributed by atoms with van der Waals surface area (Å²) >= 11 is 0. The van der Waals surface area contributed by atoms with Crippen LogP contribution in [-0.2, 0) is 19.5 Å². The van der Waals surface area contributed by atoms with Gasteiger partial charge in [-0.25, -0.2) is 14.8 Å². The number of hydrogen-bond donors (Lipinski definition) is 0. The summed E-state index contributed by atoms with van der Waals surface area (Å²) < 4.78 is 4.07. The third-order valence-corrected chi connectivity index (χ3v) is 5.39. The summed E-state index contributed by atoms with van der Waals surface area (Å²) in [4.78, 5) is 47.7. The molecule has 4 aromatic heterocycles. The molecule has 8 nitrogen and oxygen atoms in total. The molecule has 0 aliphatic carbocycles. The van der Waals surface area contributed by atoms with E-state index >= 15 is 0 Å². The maximum atomic E-state index is 13.4. The molecule has 0 radical (unpaired) electrons. The van der Waals surface area contributed by atoms with Gasteiger partial charge in [0.2, 0.25) is 0 Å². The van der Waals surface area contributed by atoms with Crippen LogP contribution in [0, 0.1) is 0 Å². The van der Waals surface area contributed by atoms with E-state index in [0.29, 0.717) is 23.1 Å². The van der Waals surface area contributed by atoms with Crippen molar-refractivity contribution in [3.05, 3.63) is 122 Å². The van der Waals surface area contributed by atoms with E-state index < -0.39 is 5.69 Å². The van der Waals surface area contributed by atoms with Crippen molar-refractivity contribution < 1.29 is 0 Å². The molecule has 0 N–H and O–H groups in total. The molecule has 158 valence electrons. The van der Waals surface area contributed by atoms with Crippen LogP contribution in [0.1, 0.15) is 11.3 Å². The van der Waals surface area contributed by atoms with Gasteiger partial charge in [-0.2, -0.15) is 0 Å². The molecule has 0 saturated carbocycles. The second-order valence-corrected chi connectivity index (χ2v) is 7.45. The normalized spacial score (nSPS) is 11.2. The van der Waals surface area contributed by atoms with Crippen LogP contribution in [-0.4, -0.2) is 23.5 Å². The summed E-state index contributed by atoms with van der Waals surface area (Å²) in [6.45, 7) is 0.263. The zero-order chi connectivity index (χ0) is 22.1. The van der Waals surface area contributed by atoms with Gasteiger partial charge in [0.1, 0.15) is 11.3 Å². The molecule has 0 amide bonds. The highest BCUT2D eigenvalue weighted by molar-refractivity contribution is 5.73. The van der Waals surface area contributed by atoms with Gasteiger partial charge in [-0.05, 0) is 36.2 Å². The lowest BCUT2D eigenvalue weighted by atomic mass is 10.1. The highest BCUT2D eigenvalue weighted by Crippen LogP contribution is 2.08. The van der Waals surface area contributed by atoms with Gasteiger partial charge in [0.15, 0.2) is 0 Å². The lowest BCUT2D eigenvalue weighted by Crippen LogP contribution is -2.41. The van der Waals surface area contributed by atoms with Gasteiger partial charge in [-0.15, -0.1) is 0 Å². The number of rotatable bonds is 5. The average molecular weight is 425 g/mol. The Kier molecular flexibility index (Phi) is 4.95. The lowest BCUT2D eigenvalue weighted by molar-refractivity contribution is 0.584. The van der Waals surface area contributed by atoms with E-state index in [0.717, 1.165) is 5.56 Å². The van der Waals surface area contributed by atoms with Crippen LogP contribution in [0.4, 0.5) is 0 Å². The van der Waals surface area contributed by atoms with Crippen LogP contribution in [0.15, 0.2) is 93.5 Å². The van der Waals surface area contributed by atoms with Crippen molar-refractivity contribution in [2.75, 3.05) is 0 Å². The molecule has 4 heterocycles. The molecule has 5 aromatic rings. The third kappa shape index (κ3) is 3.51. The molecule has 0 spiro atoms. The van der Waals surface area contributed by atoms with E-state index in [9.17, 15) is 14.4 Å². The predicted octanol–water partition coefficient (Wildman–Crippen LogP) is 1.86. The Morgan fingerprint density at radius 3 is 2.50 bits per heavy atom. The van der Waals surface area contributed by atoms with E-state index in [4.69, 9.17) is 0 Å². The first-order chi connectivity index (χ1) is 15.6. The zero-order valence-corrected chi connectivity index (χ0v) is 17.1. The predicted molar refractivity (Wildman–Crippen MR) is 121 cm³/mol. The number of pyridine rings is 2. The highest BCUT2D eigenvalue weighted by atomic mass is 16.2. The smallest absolute Gasteiger partial charge is 0.271 e. The minimum absolute atomic E-state index is 0.0264. The van der Waals surface area contributed by atoms with Crippen molar-refractivity contribution in [3.8, 4) is 0 Å². The van der Waals surface area contributed by atoms with Gasteiger partial charge >= 0.3 is 5.69 Å². The zero-order valence-electron chi connectivity index (χ0n) is 17.1. The largest absolute Gasteiger partial charge is 0.333 e.